The predicted molar refractivity (Wildman–Crippen MR) is 70.6 cm³/mol. The summed E-state index contributed by atoms with van der Waals surface area (Å²) in [5.41, 5.74) is 6.73. The fourth-order valence-corrected chi connectivity index (χ4v) is 2.38. The topological polar surface area (TPSA) is 85.3 Å². The molecule has 0 aliphatic heterocycles. The van der Waals surface area contributed by atoms with Crippen LogP contribution in [0.5, 0.6) is 0 Å². The van der Waals surface area contributed by atoms with Gasteiger partial charge in [0.15, 0.2) is 0 Å². The Morgan fingerprint density at radius 1 is 1.58 bits per heavy atom. The van der Waals surface area contributed by atoms with E-state index in [-0.39, 0.29) is 11.4 Å². The summed E-state index contributed by atoms with van der Waals surface area (Å²) in [5, 5.41) is 7.20. The van der Waals surface area contributed by atoms with Crippen molar-refractivity contribution in [2.45, 2.75) is 25.3 Å². The van der Waals surface area contributed by atoms with E-state index in [0.29, 0.717) is 23.5 Å². The van der Waals surface area contributed by atoms with Gasteiger partial charge in [0.05, 0.1) is 29.0 Å². The highest BCUT2D eigenvalue weighted by atomic mass is 16.1. The Bertz CT molecular complexity index is 618. The highest BCUT2D eigenvalue weighted by Crippen LogP contribution is 2.39. The van der Waals surface area contributed by atoms with Gasteiger partial charge in [-0.2, -0.15) is 5.10 Å². The van der Waals surface area contributed by atoms with Crippen LogP contribution in [0, 0.1) is 5.92 Å². The SMILES string of the molecule is CC(CN)(NC(=O)c1cnn2ccncc12)C1CC1. The molecule has 0 saturated heterocycles. The van der Waals surface area contributed by atoms with Crippen molar-refractivity contribution in [2.24, 2.45) is 11.7 Å². The quantitative estimate of drug-likeness (QED) is 0.841. The van der Waals surface area contributed by atoms with E-state index >= 15 is 0 Å². The van der Waals surface area contributed by atoms with Gasteiger partial charge in [0.1, 0.15) is 0 Å². The smallest absolute Gasteiger partial charge is 0.255 e. The summed E-state index contributed by atoms with van der Waals surface area (Å²) in [5.74, 6) is 0.351. The van der Waals surface area contributed by atoms with Gasteiger partial charge in [-0.3, -0.25) is 9.78 Å². The minimum atomic E-state index is -0.326. The van der Waals surface area contributed by atoms with E-state index in [2.05, 4.69) is 15.4 Å². The molecule has 2 aromatic heterocycles. The van der Waals surface area contributed by atoms with Crippen LogP contribution in [0.2, 0.25) is 0 Å². The summed E-state index contributed by atoms with van der Waals surface area (Å²) >= 11 is 0. The molecule has 100 valence electrons. The number of carbonyl (C=O) groups is 1. The average molecular weight is 259 g/mol. The van der Waals surface area contributed by atoms with Crippen LogP contribution in [0.3, 0.4) is 0 Å². The fourth-order valence-electron chi connectivity index (χ4n) is 2.38. The number of aromatic nitrogens is 3. The van der Waals surface area contributed by atoms with E-state index in [9.17, 15) is 4.79 Å². The van der Waals surface area contributed by atoms with E-state index in [1.165, 1.54) is 0 Å². The lowest BCUT2D eigenvalue weighted by Gasteiger charge is -2.29. The lowest BCUT2D eigenvalue weighted by Crippen LogP contribution is -2.53. The van der Waals surface area contributed by atoms with E-state index < -0.39 is 0 Å². The number of amides is 1. The van der Waals surface area contributed by atoms with E-state index in [1.807, 2.05) is 6.92 Å². The van der Waals surface area contributed by atoms with Crippen LogP contribution in [-0.4, -0.2) is 32.6 Å². The Kier molecular flexibility index (Phi) is 2.74. The molecule has 1 aliphatic carbocycles. The summed E-state index contributed by atoms with van der Waals surface area (Å²) in [4.78, 5) is 16.4. The first kappa shape index (κ1) is 12.1. The molecule has 1 unspecified atom stereocenters. The molecule has 2 aromatic rings. The summed E-state index contributed by atoms with van der Waals surface area (Å²) in [6.45, 7) is 2.45. The van der Waals surface area contributed by atoms with Gasteiger partial charge in [-0.25, -0.2) is 4.52 Å². The van der Waals surface area contributed by atoms with Gasteiger partial charge >= 0.3 is 0 Å². The van der Waals surface area contributed by atoms with Crippen molar-refractivity contribution in [1.29, 1.82) is 0 Å². The van der Waals surface area contributed by atoms with Crippen LogP contribution in [0.15, 0.2) is 24.8 Å². The van der Waals surface area contributed by atoms with E-state index in [1.54, 1.807) is 29.3 Å². The first-order chi connectivity index (χ1) is 9.14. The molecule has 1 atom stereocenters. The van der Waals surface area contributed by atoms with Crippen molar-refractivity contribution in [1.82, 2.24) is 19.9 Å². The van der Waals surface area contributed by atoms with Crippen molar-refractivity contribution >= 4 is 11.4 Å². The van der Waals surface area contributed by atoms with Crippen molar-refractivity contribution in [3.63, 3.8) is 0 Å². The minimum absolute atomic E-state index is 0.136. The Morgan fingerprint density at radius 2 is 2.37 bits per heavy atom. The maximum absolute atomic E-state index is 12.4. The molecule has 19 heavy (non-hydrogen) atoms. The van der Waals surface area contributed by atoms with Crippen molar-refractivity contribution in [2.75, 3.05) is 6.54 Å². The normalized spacial score (nSPS) is 18.2. The third-order valence-corrected chi connectivity index (χ3v) is 3.87. The van der Waals surface area contributed by atoms with Crippen LogP contribution in [0.25, 0.3) is 5.52 Å². The number of fused-ring (bicyclic) bond motifs is 1. The number of nitrogens with one attached hydrogen (secondary N) is 1. The molecule has 0 radical (unpaired) electrons. The molecule has 2 heterocycles. The molecule has 0 bridgehead atoms. The van der Waals surface area contributed by atoms with Gasteiger partial charge in [0.25, 0.3) is 5.91 Å². The third-order valence-electron chi connectivity index (χ3n) is 3.87. The van der Waals surface area contributed by atoms with E-state index in [0.717, 1.165) is 12.8 Å². The lowest BCUT2D eigenvalue weighted by molar-refractivity contribution is 0.0899. The molecule has 1 saturated carbocycles. The molecule has 6 heteroatoms. The molecule has 1 amide bonds. The Hall–Kier alpha value is -1.95. The monoisotopic (exact) mass is 259 g/mol. The molecule has 1 aliphatic rings. The number of hydrogen-bond donors (Lipinski definition) is 2. The van der Waals surface area contributed by atoms with Crippen LogP contribution in [0.1, 0.15) is 30.1 Å². The number of nitrogens with two attached hydrogens (primary N) is 1. The minimum Gasteiger partial charge on any atom is -0.345 e. The first-order valence-corrected chi connectivity index (χ1v) is 6.44. The maximum atomic E-state index is 12.4. The number of rotatable bonds is 4. The van der Waals surface area contributed by atoms with Crippen LogP contribution >= 0.6 is 0 Å². The summed E-state index contributed by atoms with van der Waals surface area (Å²) in [6, 6.07) is 0. The molecule has 6 nitrogen and oxygen atoms in total. The highest BCUT2D eigenvalue weighted by molar-refractivity contribution is 6.00. The Morgan fingerprint density at radius 3 is 3.05 bits per heavy atom. The van der Waals surface area contributed by atoms with Crippen LogP contribution < -0.4 is 11.1 Å². The zero-order valence-electron chi connectivity index (χ0n) is 10.8. The first-order valence-electron chi connectivity index (χ1n) is 6.44. The van der Waals surface area contributed by atoms with Gasteiger partial charge in [0.2, 0.25) is 0 Å². The zero-order valence-corrected chi connectivity index (χ0v) is 10.8. The summed E-state index contributed by atoms with van der Waals surface area (Å²) < 4.78 is 1.64. The van der Waals surface area contributed by atoms with Gasteiger partial charge in [-0.15, -0.1) is 0 Å². The molecule has 3 rings (SSSR count). The van der Waals surface area contributed by atoms with Crippen LogP contribution in [0.4, 0.5) is 0 Å². The second kappa shape index (κ2) is 4.31. The molecular weight excluding hydrogens is 242 g/mol. The molecule has 3 N–H and O–H groups in total. The Labute approximate surface area is 111 Å². The van der Waals surface area contributed by atoms with E-state index in [4.69, 9.17) is 5.73 Å². The van der Waals surface area contributed by atoms with Crippen LogP contribution in [-0.2, 0) is 0 Å². The lowest BCUT2D eigenvalue weighted by atomic mass is 9.95. The second-order valence-corrected chi connectivity index (χ2v) is 5.31. The summed E-state index contributed by atoms with van der Waals surface area (Å²) in [7, 11) is 0. The molecule has 0 spiro atoms. The summed E-state index contributed by atoms with van der Waals surface area (Å²) in [6.07, 6.45) is 8.81. The maximum Gasteiger partial charge on any atom is 0.255 e. The second-order valence-electron chi connectivity index (χ2n) is 5.31. The average Bonchev–Trinajstić information content (AvgIpc) is 3.19. The van der Waals surface area contributed by atoms with Gasteiger partial charge in [-0.1, -0.05) is 0 Å². The van der Waals surface area contributed by atoms with Crippen molar-refractivity contribution in [3.8, 4) is 0 Å². The van der Waals surface area contributed by atoms with Gasteiger partial charge < -0.3 is 11.1 Å². The van der Waals surface area contributed by atoms with Gasteiger partial charge in [-0.05, 0) is 25.7 Å². The van der Waals surface area contributed by atoms with Crippen molar-refractivity contribution < 1.29 is 4.79 Å². The highest BCUT2D eigenvalue weighted by Gasteiger charge is 2.41. The number of nitrogens with zero attached hydrogens (tertiary/aromatic N) is 3. The van der Waals surface area contributed by atoms with Gasteiger partial charge in [0, 0.05) is 18.9 Å². The molecule has 1 fully saturated rings. The number of hydrogen-bond acceptors (Lipinski definition) is 4. The largest absolute Gasteiger partial charge is 0.345 e. The molecule has 0 aromatic carbocycles. The Balaban J connectivity index is 1.87. The zero-order chi connectivity index (χ0) is 13.5. The number of carbonyl (C=O) groups excluding carboxylic acids is 1. The van der Waals surface area contributed by atoms with Crippen molar-refractivity contribution in [3.05, 3.63) is 30.4 Å². The fraction of sp³-hybridized carbons (Fsp3) is 0.462. The molecular formula is C13H17N5O. The predicted octanol–water partition coefficient (Wildman–Crippen LogP) is 0.587. The third kappa shape index (κ3) is 2.08. The standard InChI is InChI=1S/C13H17N5O/c1-13(8-14,9-2-3-9)17-12(19)10-6-16-18-5-4-15-7-11(10)18/h4-7,9H,2-3,8,14H2,1H3,(H,17,19).